The fraction of sp³-hybridized carbons (Fsp3) is 0.909. The Morgan fingerprint density at radius 3 is 2.18 bits per heavy atom. The number of hydrogen-bond donors (Lipinski definition) is 1. The van der Waals surface area contributed by atoms with E-state index in [9.17, 15) is 13.2 Å². The highest BCUT2D eigenvalue weighted by Crippen LogP contribution is 2.29. The number of rotatable bonds is 3. The topological polar surface area (TPSA) is 29.3 Å². The first-order valence-corrected chi connectivity index (χ1v) is 6.19. The summed E-state index contributed by atoms with van der Waals surface area (Å²) in [6, 6.07) is 0. The summed E-state index contributed by atoms with van der Waals surface area (Å²) in [7, 11) is 0. The fourth-order valence-corrected chi connectivity index (χ4v) is 2.76. The SMILES string of the molecule is CC1CC(C)CN(CC(C(N)=S)C(F)(F)F)C1. The van der Waals surface area contributed by atoms with Gasteiger partial charge in [0.25, 0.3) is 0 Å². The summed E-state index contributed by atoms with van der Waals surface area (Å²) < 4.78 is 38.2. The van der Waals surface area contributed by atoms with Crippen molar-refractivity contribution in [3.8, 4) is 0 Å². The Hall–Kier alpha value is -0.360. The van der Waals surface area contributed by atoms with Gasteiger partial charge < -0.3 is 10.6 Å². The van der Waals surface area contributed by atoms with Crippen LogP contribution in [0.5, 0.6) is 0 Å². The van der Waals surface area contributed by atoms with E-state index in [0.717, 1.165) is 6.42 Å². The summed E-state index contributed by atoms with van der Waals surface area (Å²) in [5.74, 6) is -0.826. The van der Waals surface area contributed by atoms with Crippen molar-refractivity contribution in [2.45, 2.75) is 26.4 Å². The van der Waals surface area contributed by atoms with Crippen molar-refractivity contribution >= 4 is 17.2 Å². The van der Waals surface area contributed by atoms with E-state index in [1.54, 1.807) is 0 Å². The Balaban J connectivity index is 2.64. The van der Waals surface area contributed by atoms with E-state index in [1.165, 1.54) is 0 Å². The number of piperidine rings is 1. The van der Waals surface area contributed by atoms with Crippen LogP contribution in [0.3, 0.4) is 0 Å². The van der Waals surface area contributed by atoms with Crippen molar-refractivity contribution in [1.29, 1.82) is 0 Å². The van der Waals surface area contributed by atoms with Crippen LogP contribution in [-0.4, -0.2) is 35.7 Å². The van der Waals surface area contributed by atoms with Gasteiger partial charge in [0, 0.05) is 19.6 Å². The highest BCUT2D eigenvalue weighted by Gasteiger charge is 2.43. The maximum atomic E-state index is 12.7. The summed E-state index contributed by atoms with van der Waals surface area (Å²) in [4.78, 5) is 1.37. The molecule has 1 aliphatic rings. The number of alkyl halides is 3. The first kappa shape index (κ1) is 14.7. The molecule has 1 saturated heterocycles. The molecule has 0 aliphatic carbocycles. The number of nitrogens with zero attached hydrogens (tertiary/aromatic N) is 1. The third-order valence-electron chi connectivity index (χ3n) is 3.12. The van der Waals surface area contributed by atoms with Crippen molar-refractivity contribution in [3.05, 3.63) is 0 Å². The van der Waals surface area contributed by atoms with E-state index in [2.05, 4.69) is 26.1 Å². The molecule has 1 fully saturated rings. The maximum absolute atomic E-state index is 12.7. The van der Waals surface area contributed by atoms with Gasteiger partial charge in [-0.25, -0.2) is 0 Å². The van der Waals surface area contributed by atoms with Crippen molar-refractivity contribution in [1.82, 2.24) is 4.90 Å². The Morgan fingerprint density at radius 2 is 1.82 bits per heavy atom. The summed E-state index contributed by atoms with van der Waals surface area (Å²) in [5.41, 5.74) is 5.19. The number of likely N-dealkylation sites (tertiary alicyclic amines) is 1. The molecule has 0 spiro atoms. The normalized spacial score (nSPS) is 29.0. The molecule has 17 heavy (non-hydrogen) atoms. The van der Waals surface area contributed by atoms with Crippen molar-refractivity contribution in [2.24, 2.45) is 23.5 Å². The third-order valence-corrected chi connectivity index (χ3v) is 3.41. The standard InChI is InChI=1S/C11H19F3N2S/c1-7-3-8(2)5-16(4-7)6-9(10(15)17)11(12,13)14/h7-9H,3-6H2,1-2H3,(H2,15,17). The van der Waals surface area contributed by atoms with Crippen LogP contribution >= 0.6 is 12.2 Å². The molecule has 1 heterocycles. The lowest BCUT2D eigenvalue weighted by molar-refractivity contribution is -0.160. The smallest absolute Gasteiger partial charge is 0.393 e. The van der Waals surface area contributed by atoms with Gasteiger partial charge in [-0.15, -0.1) is 0 Å². The summed E-state index contributed by atoms with van der Waals surface area (Å²) in [6.45, 7) is 5.41. The molecule has 3 unspecified atom stereocenters. The van der Waals surface area contributed by atoms with Crippen LogP contribution in [0.2, 0.25) is 0 Å². The third kappa shape index (κ3) is 4.43. The highest BCUT2D eigenvalue weighted by molar-refractivity contribution is 7.80. The first-order chi connectivity index (χ1) is 7.70. The number of nitrogens with two attached hydrogens (primary N) is 1. The molecule has 0 aromatic heterocycles. The number of halogens is 3. The van der Waals surface area contributed by atoms with Gasteiger partial charge in [0.2, 0.25) is 0 Å². The zero-order chi connectivity index (χ0) is 13.2. The van der Waals surface area contributed by atoms with E-state index in [1.807, 2.05) is 4.90 Å². The molecule has 0 aromatic rings. The van der Waals surface area contributed by atoms with E-state index in [4.69, 9.17) is 5.73 Å². The second-order valence-electron chi connectivity index (χ2n) is 5.16. The second kappa shape index (κ2) is 5.52. The van der Waals surface area contributed by atoms with Crippen LogP contribution in [-0.2, 0) is 0 Å². The lowest BCUT2D eigenvalue weighted by atomic mass is 9.91. The number of hydrogen-bond acceptors (Lipinski definition) is 2. The first-order valence-electron chi connectivity index (χ1n) is 5.78. The van der Waals surface area contributed by atoms with Crippen LogP contribution in [0.4, 0.5) is 13.2 Å². The molecule has 6 heteroatoms. The summed E-state index contributed by atoms with van der Waals surface area (Å²) in [5, 5.41) is 0. The Kier molecular flexibility index (Phi) is 4.77. The quantitative estimate of drug-likeness (QED) is 0.797. The Labute approximate surface area is 105 Å². The zero-order valence-electron chi connectivity index (χ0n) is 10.1. The van der Waals surface area contributed by atoms with Gasteiger partial charge in [-0.2, -0.15) is 13.2 Å². The zero-order valence-corrected chi connectivity index (χ0v) is 10.9. The van der Waals surface area contributed by atoms with Crippen LogP contribution < -0.4 is 5.73 Å². The Bertz CT molecular complexity index is 270. The minimum atomic E-state index is -4.34. The number of thiocarbonyl (C=S) groups is 1. The van der Waals surface area contributed by atoms with Crippen LogP contribution in [0, 0.1) is 17.8 Å². The minimum Gasteiger partial charge on any atom is -0.393 e. The molecule has 2 N–H and O–H groups in total. The Morgan fingerprint density at radius 1 is 1.35 bits per heavy atom. The molecule has 2 nitrogen and oxygen atoms in total. The molecule has 0 radical (unpaired) electrons. The summed E-state index contributed by atoms with van der Waals surface area (Å²) in [6.07, 6.45) is -3.27. The average molecular weight is 268 g/mol. The highest BCUT2D eigenvalue weighted by atomic mass is 32.1. The van der Waals surface area contributed by atoms with Gasteiger partial charge in [-0.05, 0) is 18.3 Å². The molecule has 1 aliphatic heterocycles. The monoisotopic (exact) mass is 268 g/mol. The molecule has 0 saturated carbocycles. The van der Waals surface area contributed by atoms with Crippen LogP contribution in [0.1, 0.15) is 20.3 Å². The molecule has 0 amide bonds. The molecule has 1 rings (SSSR count). The average Bonchev–Trinajstić information content (AvgIpc) is 2.10. The summed E-state index contributed by atoms with van der Waals surface area (Å²) >= 11 is 4.52. The molecule has 100 valence electrons. The van der Waals surface area contributed by atoms with Crippen LogP contribution in [0.25, 0.3) is 0 Å². The van der Waals surface area contributed by atoms with E-state index < -0.39 is 17.1 Å². The minimum absolute atomic E-state index is 0.104. The second-order valence-corrected chi connectivity index (χ2v) is 5.63. The fourth-order valence-electron chi connectivity index (χ4n) is 2.55. The van der Waals surface area contributed by atoms with Crippen molar-refractivity contribution in [2.75, 3.05) is 19.6 Å². The van der Waals surface area contributed by atoms with Gasteiger partial charge in [0.05, 0.1) is 4.99 Å². The van der Waals surface area contributed by atoms with Gasteiger partial charge in [-0.3, -0.25) is 0 Å². The molecule has 0 bridgehead atoms. The van der Waals surface area contributed by atoms with Gasteiger partial charge >= 0.3 is 6.18 Å². The molecule has 3 atom stereocenters. The van der Waals surface area contributed by atoms with Crippen LogP contribution in [0.15, 0.2) is 0 Å². The van der Waals surface area contributed by atoms with E-state index in [0.29, 0.717) is 24.9 Å². The van der Waals surface area contributed by atoms with E-state index >= 15 is 0 Å². The molecular formula is C11H19F3N2S. The predicted octanol–water partition coefficient (Wildman–Crippen LogP) is 2.43. The lowest BCUT2D eigenvalue weighted by Crippen LogP contribution is -2.47. The van der Waals surface area contributed by atoms with E-state index in [-0.39, 0.29) is 6.54 Å². The maximum Gasteiger partial charge on any atom is 0.399 e. The van der Waals surface area contributed by atoms with Gasteiger partial charge in [0.1, 0.15) is 5.92 Å². The lowest BCUT2D eigenvalue weighted by Gasteiger charge is -2.37. The molecule has 0 aromatic carbocycles. The van der Waals surface area contributed by atoms with Gasteiger partial charge in [-0.1, -0.05) is 26.1 Å². The van der Waals surface area contributed by atoms with Crippen molar-refractivity contribution in [3.63, 3.8) is 0 Å². The van der Waals surface area contributed by atoms with Crippen molar-refractivity contribution < 1.29 is 13.2 Å². The molecular weight excluding hydrogens is 249 g/mol. The predicted molar refractivity (Wildman–Crippen MR) is 65.7 cm³/mol. The van der Waals surface area contributed by atoms with Gasteiger partial charge in [0.15, 0.2) is 0 Å². The largest absolute Gasteiger partial charge is 0.399 e.